The smallest absolute Gasteiger partial charge is 0.404 e. The first kappa shape index (κ1) is 25.8. The summed E-state index contributed by atoms with van der Waals surface area (Å²) in [6.45, 7) is 3.22. The molecule has 0 aromatic carbocycles. The van der Waals surface area contributed by atoms with E-state index < -0.39 is 41.8 Å². The summed E-state index contributed by atoms with van der Waals surface area (Å²) in [5.41, 5.74) is 4.66. The highest BCUT2D eigenvalue weighted by molar-refractivity contribution is 5.80. The number of likely N-dealkylation sites (N-methyl/N-ethyl adjacent to an activating group) is 1. The Morgan fingerprint density at radius 3 is 2.53 bits per heavy atom. The van der Waals surface area contributed by atoms with Gasteiger partial charge in [-0.3, -0.25) is 15.6 Å². The molecule has 2 atom stereocenters. The summed E-state index contributed by atoms with van der Waals surface area (Å²) in [5.74, 6) is -3.61. The molecule has 1 aromatic heterocycles. The Balaban J connectivity index is 1.75. The van der Waals surface area contributed by atoms with Gasteiger partial charge in [0.1, 0.15) is 0 Å². The van der Waals surface area contributed by atoms with Crippen LogP contribution in [0.3, 0.4) is 0 Å². The van der Waals surface area contributed by atoms with Gasteiger partial charge in [0, 0.05) is 32.2 Å². The van der Waals surface area contributed by atoms with Crippen molar-refractivity contribution in [1.82, 2.24) is 25.6 Å². The number of nitrogens with zero attached hydrogens (tertiary/aromatic N) is 4. The number of anilines is 2. The van der Waals surface area contributed by atoms with Crippen molar-refractivity contribution < 1.29 is 27.9 Å². The van der Waals surface area contributed by atoms with Crippen LogP contribution in [-0.4, -0.2) is 71.2 Å². The number of rotatable bonds is 9. The molecule has 34 heavy (non-hydrogen) atoms. The molecule has 1 aliphatic heterocycles. The third-order valence-corrected chi connectivity index (χ3v) is 6.57. The van der Waals surface area contributed by atoms with Gasteiger partial charge >= 0.3 is 6.09 Å². The van der Waals surface area contributed by atoms with Crippen LogP contribution in [0.15, 0.2) is 0 Å². The average molecular weight is 488 g/mol. The molecular formula is C21H32F3N7O3. The standard InChI is InChI=1S/C21H32F3N7O3/c1-12-11-31(8-7-30(12)2)19-15(22)17(26-18(27-19)16(23)24)28-29-20(32)14(10-25-21(33)34)9-13-5-3-4-6-13/h12-14,16,25H,3-11H2,1-2H3,(H,29,32)(H,33,34)(H,26,27,28)/t12-,14+/m0/s1. The molecule has 0 bridgehead atoms. The van der Waals surface area contributed by atoms with Gasteiger partial charge in [0.05, 0.1) is 5.92 Å². The number of hydrazine groups is 1. The number of carboxylic acid groups (broad SMARTS) is 1. The molecule has 2 fully saturated rings. The lowest BCUT2D eigenvalue weighted by Gasteiger charge is -2.38. The number of piperazine rings is 1. The van der Waals surface area contributed by atoms with Crippen LogP contribution in [0.2, 0.25) is 0 Å². The highest BCUT2D eigenvalue weighted by Crippen LogP contribution is 2.31. The Morgan fingerprint density at radius 1 is 1.21 bits per heavy atom. The van der Waals surface area contributed by atoms with Crippen molar-refractivity contribution in [2.45, 2.75) is 51.5 Å². The second kappa shape index (κ2) is 11.5. The molecule has 1 aliphatic carbocycles. The zero-order chi connectivity index (χ0) is 24.8. The van der Waals surface area contributed by atoms with Crippen LogP contribution in [0.5, 0.6) is 0 Å². The first-order valence-electron chi connectivity index (χ1n) is 11.5. The molecular weight excluding hydrogens is 455 g/mol. The monoisotopic (exact) mass is 487 g/mol. The molecule has 13 heteroatoms. The van der Waals surface area contributed by atoms with Gasteiger partial charge in [-0.2, -0.15) is 4.39 Å². The zero-order valence-electron chi connectivity index (χ0n) is 19.4. The van der Waals surface area contributed by atoms with Gasteiger partial charge in [-0.15, -0.1) is 0 Å². The molecule has 2 heterocycles. The van der Waals surface area contributed by atoms with E-state index in [0.717, 1.165) is 25.7 Å². The van der Waals surface area contributed by atoms with Gasteiger partial charge in [0.2, 0.25) is 11.7 Å². The number of carbonyl (C=O) groups is 2. The van der Waals surface area contributed by atoms with E-state index in [9.17, 15) is 18.4 Å². The van der Waals surface area contributed by atoms with Gasteiger partial charge < -0.3 is 20.2 Å². The summed E-state index contributed by atoms with van der Waals surface area (Å²) in [6.07, 6.45) is 0.194. The third-order valence-electron chi connectivity index (χ3n) is 6.57. The first-order chi connectivity index (χ1) is 16.2. The average Bonchev–Trinajstić information content (AvgIpc) is 3.30. The summed E-state index contributed by atoms with van der Waals surface area (Å²) in [4.78, 5) is 34.6. The topological polar surface area (TPSA) is 123 Å². The lowest BCUT2D eigenvalue weighted by Crippen LogP contribution is -2.50. The molecule has 1 saturated heterocycles. The Kier molecular flexibility index (Phi) is 8.75. The number of aromatic nitrogens is 2. The van der Waals surface area contributed by atoms with Gasteiger partial charge in [0.25, 0.3) is 6.43 Å². The Bertz CT molecular complexity index is 870. The van der Waals surface area contributed by atoms with E-state index in [1.54, 1.807) is 4.90 Å². The molecule has 1 saturated carbocycles. The molecule has 190 valence electrons. The lowest BCUT2D eigenvalue weighted by molar-refractivity contribution is -0.124. The molecule has 4 N–H and O–H groups in total. The molecule has 0 unspecified atom stereocenters. The first-order valence-corrected chi connectivity index (χ1v) is 11.5. The van der Waals surface area contributed by atoms with Crippen LogP contribution in [0, 0.1) is 17.7 Å². The fourth-order valence-corrected chi connectivity index (χ4v) is 4.45. The van der Waals surface area contributed by atoms with Crippen molar-refractivity contribution in [3.63, 3.8) is 0 Å². The summed E-state index contributed by atoms with van der Waals surface area (Å²) in [6, 6.07) is 0.0623. The zero-order valence-corrected chi connectivity index (χ0v) is 19.4. The lowest BCUT2D eigenvalue weighted by atomic mass is 9.92. The number of hydrogen-bond acceptors (Lipinski definition) is 7. The van der Waals surface area contributed by atoms with E-state index in [2.05, 4.69) is 31.0 Å². The van der Waals surface area contributed by atoms with Crippen LogP contribution in [0.1, 0.15) is 51.3 Å². The van der Waals surface area contributed by atoms with Crippen LogP contribution >= 0.6 is 0 Å². The Labute approximate surface area is 196 Å². The molecule has 10 nitrogen and oxygen atoms in total. The summed E-state index contributed by atoms with van der Waals surface area (Å²) < 4.78 is 42.1. The number of carbonyl (C=O) groups excluding carboxylic acids is 1. The molecule has 0 radical (unpaired) electrons. The van der Waals surface area contributed by atoms with E-state index in [1.165, 1.54) is 0 Å². The molecule has 3 rings (SSSR count). The van der Waals surface area contributed by atoms with Crippen molar-refractivity contribution >= 4 is 23.6 Å². The fourth-order valence-electron chi connectivity index (χ4n) is 4.45. The van der Waals surface area contributed by atoms with Gasteiger partial charge in [-0.25, -0.2) is 23.5 Å². The molecule has 1 aromatic rings. The van der Waals surface area contributed by atoms with E-state index >= 15 is 4.39 Å². The van der Waals surface area contributed by atoms with Crippen molar-refractivity contribution in [3.8, 4) is 0 Å². The minimum atomic E-state index is -3.03. The normalized spacial score (nSPS) is 20.4. The van der Waals surface area contributed by atoms with Crippen LogP contribution in [-0.2, 0) is 4.79 Å². The third kappa shape index (κ3) is 6.61. The van der Waals surface area contributed by atoms with Gasteiger partial charge in [-0.05, 0) is 26.3 Å². The number of alkyl halides is 2. The maximum absolute atomic E-state index is 15.2. The van der Waals surface area contributed by atoms with Gasteiger partial charge in [-0.1, -0.05) is 25.7 Å². The quantitative estimate of drug-likeness (QED) is 0.392. The molecule has 2 amide bonds. The van der Waals surface area contributed by atoms with E-state index in [4.69, 9.17) is 5.11 Å². The summed E-state index contributed by atoms with van der Waals surface area (Å²) >= 11 is 0. The van der Waals surface area contributed by atoms with Crippen molar-refractivity contribution in [1.29, 1.82) is 0 Å². The second-order valence-corrected chi connectivity index (χ2v) is 9.03. The van der Waals surface area contributed by atoms with E-state index in [1.807, 2.05) is 14.0 Å². The SMILES string of the molecule is C[C@H]1CN(c2nc(C(F)F)nc(NNC(=O)[C@@H](CNC(=O)O)CC3CCCC3)c2F)CCN1C. The van der Waals surface area contributed by atoms with Crippen LogP contribution < -0.4 is 21.1 Å². The summed E-state index contributed by atoms with van der Waals surface area (Å²) in [7, 11) is 1.92. The fraction of sp³-hybridized carbons (Fsp3) is 0.714. The second-order valence-electron chi connectivity index (χ2n) is 9.03. The van der Waals surface area contributed by atoms with E-state index in [0.29, 0.717) is 32.0 Å². The minimum Gasteiger partial charge on any atom is -0.465 e. The predicted molar refractivity (Wildman–Crippen MR) is 119 cm³/mol. The number of nitrogens with one attached hydrogen (secondary N) is 3. The number of hydrogen-bond donors (Lipinski definition) is 4. The van der Waals surface area contributed by atoms with Crippen LogP contribution in [0.25, 0.3) is 0 Å². The molecule has 2 aliphatic rings. The molecule has 0 spiro atoms. The Hall–Kier alpha value is -2.83. The van der Waals surface area contributed by atoms with Crippen LogP contribution in [0.4, 0.5) is 29.6 Å². The highest BCUT2D eigenvalue weighted by atomic mass is 19.3. The number of halogens is 3. The predicted octanol–water partition coefficient (Wildman–Crippen LogP) is 2.60. The summed E-state index contributed by atoms with van der Waals surface area (Å²) in [5, 5.41) is 11.1. The van der Waals surface area contributed by atoms with Crippen molar-refractivity contribution in [3.05, 3.63) is 11.6 Å². The number of amides is 2. The van der Waals surface area contributed by atoms with Crippen molar-refractivity contribution in [2.24, 2.45) is 11.8 Å². The highest BCUT2D eigenvalue weighted by Gasteiger charge is 2.29. The van der Waals surface area contributed by atoms with Gasteiger partial charge in [0.15, 0.2) is 17.5 Å². The Morgan fingerprint density at radius 2 is 1.91 bits per heavy atom. The maximum Gasteiger partial charge on any atom is 0.404 e. The minimum absolute atomic E-state index is 0.0623. The largest absolute Gasteiger partial charge is 0.465 e. The van der Waals surface area contributed by atoms with E-state index in [-0.39, 0.29) is 18.4 Å². The maximum atomic E-state index is 15.2. The van der Waals surface area contributed by atoms with Crippen molar-refractivity contribution in [2.75, 3.05) is 43.6 Å².